The fraction of sp³-hybridized carbons (Fsp3) is 0.946. The molecule has 93 heavy (non-hydrogen) atoms. The molecule has 17 nitrogen and oxygen atoms in total. The van der Waals surface area contributed by atoms with Gasteiger partial charge in [-0.2, -0.15) is 0 Å². The Bertz CT molecular complexity index is 1840. The van der Waals surface area contributed by atoms with E-state index in [4.69, 9.17) is 37.0 Å². The highest BCUT2D eigenvalue weighted by molar-refractivity contribution is 7.47. The summed E-state index contributed by atoms with van der Waals surface area (Å²) in [4.78, 5) is 72.7. The largest absolute Gasteiger partial charge is 0.472 e. The van der Waals surface area contributed by atoms with E-state index in [1.807, 2.05) is 0 Å². The number of hydrogen-bond donors (Lipinski definition) is 3. The van der Waals surface area contributed by atoms with Crippen molar-refractivity contribution >= 4 is 39.5 Å². The third-order valence-electron chi connectivity index (χ3n) is 17.8. The zero-order chi connectivity index (χ0) is 68.9. The molecule has 552 valence electrons. The first-order valence-electron chi connectivity index (χ1n) is 38.3. The van der Waals surface area contributed by atoms with Gasteiger partial charge in [-0.3, -0.25) is 37.3 Å². The maximum Gasteiger partial charge on any atom is 0.472 e. The van der Waals surface area contributed by atoms with E-state index in [0.717, 1.165) is 114 Å². The summed E-state index contributed by atoms with van der Waals surface area (Å²) in [6.07, 6.45) is 47.2. The Morgan fingerprint density at radius 1 is 0.301 bits per heavy atom. The lowest BCUT2D eigenvalue weighted by atomic mass is 9.99. The Hall–Kier alpha value is -1.94. The van der Waals surface area contributed by atoms with Crippen molar-refractivity contribution in [1.29, 1.82) is 0 Å². The van der Waals surface area contributed by atoms with Crippen molar-refractivity contribution in [3.63, 3.8) is 0 Å². The van der Waals surface area contributed by atoms with Gasteiger partial charge in [-0.25, -0.2) is 9.13 Å². The number of ether oxygens (including phenoxy) is 4. The van der Waals surface area contributed by atoms with Gasteiger partial charge >= 0.3 is 39.5 Å². The Morgan fingerprint density at radius 2 is 0.516 bits per heavy atom. The number of phosphoric acid groups is 2. The van der Waals surface area contributed by atoms with Gasteiger partial charge in [0.2, 0.25) is 0 Å². The Balaban J connectivity index is 5.22. The van der Waals surface area contributed by atoms with Gasteiger partial charge in [0.1, 0.15) is 19.3 Å². The molecule has 0 radical (unpaired) electrons. The molecule has 0 aromatic carbocycles. The molecule has 0 rings (SSSR count). The normalized spacial score (nSPS) is 14.8. The second-order valence-corrected chi connectivity index (χ2v) is 31.0. The minimum absolute atomic E-state index is 0.105. The topological polar surface area (TPSA) is 237 Å². The summed E-state index contributed by atoms with van der Waals surface area (Å²) in [6, 6.07) is 0. The van der Waals surface area contributed by atoms with Gasteiger partial charge in [0.05, 0.1) is 26.4 Å². The van der Waals surface area contributed by atoms with E-state index in [0.29, 0.717) is 31.6 Å². The molecular weight excluding hydrogens is 1220 g/mol. The zero-order valence-electron chi connectivity index (χ0n) is 60.9. The molecule has 0 saturated heterocycles. The molecule has 0 aromatic rings. The second kappa shape index (κ2) is 63.5. The highest BCUT2D eigenvalue weighted by Gasteiger charge is 2.30. The van der Waals surface area contributed by atoms with Gasteiger partial charge in [-0.05, 0) is 49.4 Å². The number of carbonyl (C=O) groups is 4. The fourth-order valence-electron chi connectivity index (χ4n) is 11.1. The van der Waals surface area contributed by atoms with Crippen molar-refractivity contribution < 1.29 is 80.2 Å². The summed E-state index contributed by atoms with van der Waals surface area (Å²) in [5.74, 6) is 0.937. The number of aliphatic hydroxyl groups excluding tert-OH is 1. The van der Waals surface area contributed by atoms with E-state index in [1.54, 1.807) is 0 Å². The van der Waals surface area contributed by atoms with E-state index >= 15 is 0 Å². The molecule has 0 bridgehead atoms. The molecular formula is C74H144O17P2. The van der Waals surface area contributed by atoms with Crippen molar-refractivity contribution in [2.75, 3.05) is 39.6 Å². The predicted octanol–water partition coefficient (Wildman–Crippen LogP) is 21.3. The van der Waals surface area contributed by atoms with Crippen molar-refractivity contribution in [1.82, 2.24) is 0 Å². The monoisotopic (exact) mass is 1370 g/mol. The van der Waals surface area contributed by atoms with Crippen LogP contribution in [0.15, 0.2) is 0 Å². The van der Waals surface area contributed by atoms with Gasteiger partial charge in [0.15, 0.2) is 12.2 Å². The maximum absolute atomic E-state index is 13.1. The standard InChI is InChI=1S/C74H144O17P2/c1-9-66(7)52-44-36-27-21-17-13-11-12-14-18-22-29-38-46-54-71(76)84-60-69(91-74(79)57-49-41-31-25-24-28-37-45-53-67(8)10-2)62-88-92(80,81)86-58-68(75)59-87-93(82,83)89-63-70(61-85-72(77)55-47-39-33-32-35-43-51-65(5)6)90-73(78)56-48-40-30-23-19-15-16-20-26-34-42-50-64(3)4/h64-70,75H,9-63H2,1-8H3,(H,80,81)(H,82,83)/t66?,67?,68-,69-,70-/m1/s1. The van der Waals surface area contributed by atoms with E-state index in [1.165, 1.54) is 167 Å². The van der Waals surface area contributed by atoms with E-state index in [2.05, 4.69) is 55.4 Å². The Kier molecular flexibility index (Phi) is 62.2. The molecule has 7 atom stereocenters. The summed E-state index contributed by atoms with van der Waals surface area (Å²) >= 11 is 0. The smallest absolute Gasteiger partial charge is 0.462 e. The van der Waals surface area contributed by atoms with E-state index < -0.39 is 97.5 Å². The van der Waals surface area contributed by atoms with Crippen molar-refractivity contribution in [3.05, 3.63) is 0 Å². The SMILES string of the molecule is CCC(C)CCCCCCCCCCCCCCCCC(=O)OC[C@H](COP(=O)(O)OC[C@@H](O)COP(=O)(O)OC[C@@H](COC(=O)CCCCCCCCC(C)C)OC(=O)CCCCCCCCCCCCCC(C)C)OC(=O)CCCCCCCCCCC(C)CC. The summed E-state index contributed by atoms with van der Waals surface area (Å²) in [6.45, 7) is 14.2. The zero-order valence-corrected chi connectivity index (χ0v) is 62.7. The first-order valence-corrected chi connectivity index (χ1v) is 41.3. The molecule has 0 aliphatic rings. The fourth-order valence-corrected chi connectivity index (χ4v) is 12.7. The third-order valence-corrected chi connectivity index (χ3v) is 19.7. The lowest BCUT2D eigenvalue weighted by Crippen LogP contribution is -2.30. The van der Waals surface area contributed by atoms with Gasteiger partial charge in [0, 0.05) is 25.7 Å². The number of esters is 4. The number of phosphoric ester groups is 2. The summed E-state index contributed by atoms with van der Waals surface area (Å²) in [7, 11) is -9.91. The number of hydrogen-bond acceptors (Lipinski definition) is 15. The summed E-state index contributed by atoms with van der Waals surface area (Å²) in [5.41, 5.74) is 0. The van der Waals surface area contributed by atoms with E-state index in [9.17, 15) is 43.2 Å². The lowest BCUT2D eigenvalue weighted by molar-refractivity contribution is -0.161. The average Bonchev–Trinajstić information content (AvgIpc) is 1.83. The number of unbranched alkanes of at least 4 members (excludes halogenated alkanes) is 35. The van der Waals surface area contributed by atoms with Crippen LogP contribution >= 0.6 is 15.6 Å². The Morgan fingerprint density at radius 3 is 0.763 bits per heavy atom. The molecule has 0 aliphatic heterocycles. The first kappa shape index (κ1) is 91.1. The predicted molar refractivity (Wildman–Crippen MR) is 377 cm³/mol. The van der Waals surface area contributed by atoms with Crippen LogP contribution in [0.4, 0.5) is 0 Å². The Labute approximate surface area is 568 Å². The minimum Gasteiger partial charge on any atom is -0.462 e. The number of aliphatic hydroxyl groups is 1. The molecule has 0 saturated carbocycles. The quantitative estimate of drug-likeness (QED) is 0.0222. The van der Waals surface area contributed by atoms with Crippen LogP contribution < -0.4 is 0 Å². The molecule has 0 aromatic heterocycles. The molecule has 0 aliphatic carbocycles. The third kappa shape index (κ3) is 65.8. The van der Waals surface area contributed by atoms with Crippen LogP contribution in [-0.2, 0) is 65.4 Å². The second-order valence-electron chi connectivity index (χ2n) is 28.1. The average molecular weight is 1370 g/mol. The van der Waals surface area contributed by atoms with Crippen LogP contribution in [0.2, 0.25) is 0 Å². The van der Waals surface area contributed by atoms with Gasteiger partial charge in [-0.15, -0.1) is 0 Å². The van der Waals surface area contributed by atoms with Gasteiger partial charge in [0.25, 0.3) is 0 Å². The van der Waals surface area contributed by atoms with Gasteiger partial charge in [-0.1, -0.05) is 319 Å². The summed E-state index contributed by atoms with van der Waals surface area (Å²) in [5, 5.41) is 10.6. The molecule has 0 fully saturated rings. The molecule has 0 spiro atoms. The van der Waals surface area contributed by atoms with Crippen molar-refractivity contribution in [2.45, 2.75) is 388 Å². The highest BCUT2D eigenvalue weighted by Crippen LogP contribution is 2.45. The minimum atomic E-state index is -4.96. The molecule has 0 heterocycles. The molecule has 3 N–H and O–H groups in total. The van der Waals surface area contributed by atoms with Crippen molar-refractivity contribution in [3.8, 4) is 0 Å². The number of carbonyl (C=O) groups excluding carboxylic acids is 4. The lowest BCUT2D eigenvalue weighted by Gasteiger charge is -2.21. The molecule has 0 amide bonds. The van der Waals surface area contributed by atoms with Crippen molar-refractivity contribution in [2.24, 2.45) is 23.7 Å². The molecule has 4 unspecified atom stereocenters. The number of rotatable bonds is 71. The van der Waals surface area contributed by atoms with Crippen LogP contribution in [0.5, 0.6) is 0 Å². The van der Waals surface area contributed by atoms with Crippen LogP contribution in [0.3, 0.4) is 0 Å². The maximum atomic E-state index is 13.1. The van der Waals surface area contributed by atoms with Gasteiger partial charge < -0.3 is 33.8 Å². The molecule has 19 heteroatoms. The first-order chi connectivity index (χ1) is 44.7. The van der Waals surface area contributed by atoms with Crippen LogP contribution in [0.1, 0.15) is 370 Å². The van der Waals surface area contributed by atoms with E-state index in [-0.39, 0.29) is 25.7 Å². The summed E-state index contributed by atoms with van der Waals surface area (Å²) < 4.78 is 68.4. The highest BCUT2D eigenvalue weighted by atomic mass is 31.2. The van der Waals surface area contributed by atoms with Crippen LogP contribution in [0.25, 0.3) is 0 Å². The van der Waals surface area contributed by atoms with Crippen LogP contribution in [0, 0.1) is 23.7 Å². The van der Waals surface area contributed by atoms with Crippen LogP contribution in [-0.4, -0.2) is 96.7 Å².